The first-order valence-corrected chi connectivity index (χ1v) is 6.75. The van der Waals surface area contributed by atoms with Crippen molar-refractivity contribution in [3.63, 3.8) is 0 Å². The molecule has 3 nitrogen and oxygen atoms in total. The number of carbonyl (C=O) groups is 1. The van der Waals surface area contributed by atoms with Crippen LogP contribution in [0.1, 0.15) is 40.0 Å². The maximum absolute atomic E-state index is 11.9. The Morgan fingerprint density at radius 1 is 1.40 bits per heavy atom. The predicted octanol–water partition coefficient (Wildman–Crippen LogP) is 3.10. The van der Waals surface area contributed by atoms with Gasteiger partial charge in [0.05, 0.1) is 5.37 Å². The third kappa shape index (κ3) is 3.93. The fourth-order valence-electron chi connectivity index (χ4n) is 1.68. The Morgan fingerprint density at radius 2 is 2.07 bits per heavy atom. The second-order valence-electron chi connectivity index (χ2n) is 4.86. The van der Waals surface area contributed by atoms with Gasteiger partial charge in [0, 0.05) is 6.54 Å². The lowest BCUT2D eigenvalue weighted by molar-refractivity contribution is 0.0186. The van der Waals surface area contributed by atoms with Crippen LogP contribution < -0.4 is 0 Å². The summed E-state index contributed by atoms with van der Waals surface area (Å²) in [5.41, 5.74) is -0.391. The van der Waals surface area contributed by atoms with Gasteiger partial charge in [-0.3, -0.25) is 4.90 Å². The Bertz CT molecular complexity index is 225. The van der Waals surface area contributed by atoms with Crippen LogP contribution in [-0.2, 0) is 4.74 Å². The number of thioether (sulfide) groups is 1. The average Bonchev–Trinajstić information content (AvgIpc) is 2.15. The molecule has 15 heavy (non-hydrogen) atoms. The van der Waals surface area contributed by atoms with Gasteiger partial charge < -0.3 is 4.74 Å². The third-order valence-corrected chi connectivity index (χ3v) is 3.38. The minimum absolute atomic E-state index is 0.165. The number of piperidine rings is 1. The lowest BCUT2D eigenvalue weighted by Crippen LogP contribution is -2.44. The molecule has 1 atom stereocenters. The Labute approximate surface area is 96.5 Å². The van der Waals surface area contributed by atoms with E-state index in [4.69, 9.17) is 4.74 Å². The highest BCUT2D eigenvalue weighted by atomic mass is 32.2. The van der Waals surface area contributed by atoms with E-state index in [1.54, 1.807) is 11.8 Å². The van der Waals surface area contributed by atoms with Gasteiger partial charge >= 0.3 is 6.09 Å². The molecule has 4 heteroatoms. The molecule has 0 saturated carbocycles. The minimum atomic E-state index is -0.391. The van der Waals surface area contributed by atoms with E-state index >= 15 is 0 Å². The lowest BCUT2D eigenvalue weighted by atomic mass is 10.1. The van der Waals surface area contributed by atoms with Crippen molar-refractivity contribution in [1.29, 1.82) is 0 Å². The summed E-state index contributed by atoms with van der Waals surface area (Å²) in [6.07, 6.45) is 5.27. The number of rotatable bonds is 1. The van der Waals surface area contributed by atoms with E-state index in [1.165, 1.54) is 6.42 Å². The molecule has 0 aliphatic carbocycles. The number of hydrogen-bond acceptors (Lipinski definition) is 3. The van der Waals surface area contributed by atoms with Gasteiger partial charge in [0.2, 0.25) is 0 Å². The standard InChI is InChI=1S/C11H21NO2S/c1-11(2,3)14-10(13)12-8-6-5-7-9(12)15-4/h9H,5-8H2,1-4H3. The van der Waals surface area contributed by atoms with E-state index < -0.39 is 5.60 Å². The Balaban J connectivity index is 2.56. The Morgan fingerprint density at radius 3 is 2.60 bits per heavy atom. The van der Waals surface area contributed by atoms with E-state index in [9.17, 15) is 4.79 Å². The molecule has 0 spiro atoms. The van der Waals surface area contributed by atoms with Gasteiger partial charge in [-0.1, -0.05) is 0 Å². The molecule has 0 radical (unpaired) electrons. The zero-order chi connectivity index (χ0) is 11.5. The summed E-state index contributed by atoms with van der Waals surface area (Å²) < 4.78 is 5.38. The zero-order valence-electron chi connectivity index (χ0n) is 10.1. The molecule has 1 amide bonds. The fourth-order valence-corrected chi connectivity index (χ4v) is 2.52. The first-order chi connectivity index (χ1) is 6.94. The van der Waals surface area contributed by atoms with Crippen molar-refractivity contribution >= 4 is 17.9 Å². The minimum Gasteiger partial charge on any atom is -0.444 e. The number of nitrogens with zero attached hydrogens (tertiary/aromatic N) is 1. The van der Waals surface area contributed by atoms with E-state index in [0.717, 1.165) is 19.4 Å². The van der Waals surface area contributed by atoms with Crippen LogP contribution in [0.3, 0.4) is 0 Å². The summed E-state index contributed by atoms with van der Waals surface area (Å²) in [5.74, 6) is 0. The van der Waals surface area contributed by atoms with E-state index in [2.05, 4.69) is 0 Å². The van der Waals surface area contributed by atoms with Gasteiger partial charge in [0.25, 0.3) is 0 Å². The van der Waals surface area contributed by atoms with E-state index in [1.807, 2.05) is 31.9 Å². The largest absolute Gasteiger partial charge is 0.444 e. The van der Waals surface area contributed by atoms with Gasteiger partial charge in [0.15, 0.2) is 0 Å². The van der Waals surface area contributed by atoms with Crippen LogP contribution in [-0.4, -0.2) is 34.8 Å². The quantitative estimate of drug-likeness (QED) is 0.694. The molecule has 0 bridgehead atoms. The SMILES string of the molecule is CSC1CCCCN1C(=O)OC(C)(C)C. The second kappa shape index (κ2) is 5.10. The van der Waals surface area contributed by atoms with Gasteiger partial charge in [-0.25, -0.2) is 4.79 Å². The van der Waals surface area contributed by atoms with Crippen LogP contribution in [0.15, 0.2) is 0 Å². The van der Waals surface area contributed by atoms with E-state index in [0.29, 0.717) is 5.37 Å². The molecule has 1 unspecified atom stereocenters. The molecule has 1 aliphatic heterocycles. The molecule has 0 aromatic carbocycles. The van der Waals surface area contributed by atoms with Crippen LogP contribution >= 0.6 is 11.8 Å². The molecular weight excluding hydrogens is 210 g/mol. The summed E-state index contributed by atoms with van der Waals surface area (Å²) in [5, 5.41) is 0.300. The van der Waals surface area contributed by atoms with Crippen molar-refractivity contribution in [2.24, 2.45) is 0 Å². The average molecular weight is 231 g/mol. The summed E-state index contributed by atoms with van der Waals surface area (Å²) in [6.45, 7) is 6.55. The molecule has 0 N–H and O–H groups in total. The third-order valence-electron chi connectivity index (χ3n) is 2.35. The van der Waals surface area contributed by atoms with Crippen LogP contribution in [0, 0.1) is 0 Å². The highest BCUT2D eigenvalue weighted by Gasteiger charge is 2.29. The molecule has 0 aromatic heterocycles. The number of likely N-dealkylation sites (tertiary alicyclic amines) is 1. The van der Waals surface area contributed by atoms with Gasteiger partial charge in [0.1, 0.15) is 5.60 Å². The zero-order valence-corrected chi connectivity index (χ0v) is 10.9. The lowest BCUT2D eigenvalue weighted by Gasteiger charge is -2.35. The van der Waals surface area contributed by atoms with Crippen molar-refractivity contribution in [3.8, 4) is 0 Å². The summed E-state index contributed by atoms with van der Waals surface area (Å²) in [4.78, 5) is 13.7. The first kappa shape index (κ1) is 12.7. The Kier molecular flexibility index (Phi) is 4.32. The molecule has 1 fully saturated rings. The van der Waals surface area contributed by atoms with Gasteiger partial charge in [-0.2, -0.15) is 0 Å². The highest BCUT2D eigenvalue weighted by molar-refractivity contribution is 7.99. The van der Waals surface area contributed by atoms with E-state index in [-0.39, 0.29) is 6.09 Å². The summed E-state index contributed by atoms with van der Waals surface area (Å²) in [7, 11) is 0. The number of amides is 1. The molecule has 1 heterocycles. The number of ether oxygens (including phenoxy) is 1. The predicted molar refractivity (Wildman–Crippen MR) is 64.1 cm³/mol. The highest BCUT2D eigenvalue weighted by Crippen LogP contribution is 2.26. The Hall–Kier alpha value is -0.380. The maximum Gasteiger partial charge on any atom is 0.411 e. The normalized spacial score (nSPS) is 22.7. The fraction of sp³-hybridized carbons (Fsp3) is 0.909. The summed E-state index contributed by atoms with van der Waals surface area (Å²) >= 11 is 1.73. The molecule has 88 valence electrons. The molecule has 1 rings (SSSR count). The van der Waals surface area contributed by atoms with Crippen LogP contribution in [0.2, 0.25) is 0 Å². The number of hydrogen-bond donors (Lipinski definition) is 0. The van der Waals surface area contributed by atoms with Gasteiger partial charge in [-0.15, -0.1) is 11.8 Å². The molecule has 1 saturated heterocycles. The van der Waals surface area contributed by atoms with Gasteiger partial charge in [-0.05, 0) is 46.3 Å². The molecular formula is C11H21NO2S. The van der Waals surface area contributed by atoms with Crippen LogP contribution in [0.4, 0.5) is 4.79 Å². The topological polar surface area (TPSA) is 29.5 Å². The number of carbonyl (C=O) groups excluding carboxylic acids is 1. The summed E-state index contributed by atoms with van der Waals surface area (Å²) in [6, 6.07) is 0. The monoisotopic (exact) mass is 231 g/mol. The second-order valence-corrected chi connectivity index (χ2v) is 5.88. The van der Waals surface area contributed by atoms with Crippen LogP contribution in [0.25, 0.3) is 0 Å². The van der Waals surface area contributed by atoms with Crippen LogP contribution in [0.5, 0.6) is 0 Å². The van der Waals surface area contributed by atoms with Crippen molar-refractivity contribution < 1.29 is 9.53 Å². The molecule has 1 aliphatic rings. The van der Waals surface area contributed by atoms with Crippen molar-refractivity contribution in [1.82, 2.24) is 4.90 Å². The molecule has 0 aromatic rings. The maximum atomic E-state index is 11.9. The van der Waals surface area contributed by atoms with Crippen molar-refractivity contribution in [2.75, 3.05) is 12.8 Å². The van der Waals surface area contributed by atoms with Crippen molar-refractivity contribution in [3.05, 3.63) is 0 Å². The first-order valence-electron chi connectivity index (χ1n) is 5.46. The van der Waals surface area contributed by atoms with Crippen molar-refractivity contribution in [2.45, 2.75) is 51.0 Å². The smallest absolute Gasteiger partial charge is 0.411 e.